The van der Waals surface area contributed by atoms with Gasteiger partial charge in [0.25, 0.3) is 0 Å². The van der Waals surface area contributed by atoms with Crippen molar-refractivity contribution >= 4 is 5.96 Å². The van der Waals surface area contributed by atoms with Gasteiger partial charge in [0.05, 0.1) is 19.4 Å². The summed E-state index contributed by atoms with van der Waals surface area (Å²) in [6.45, 7) is 9.02. The molecule has 0 saturated heterocycles. The van der Waals surface area contributed by atoms with Crippen LogP contribution < -0.4 is 10.6 Å². The van der Waals surface area contributed by atoms with Crippen molar-refractivity contribution in [2.75, 3.05) is 26.3 Å². The molecule has 0 saturated carbocycles. The summed E-state index contributed by atoms with van der Waals surface area (Å²) in [5.74, 6) is 1.67. The van der Waals surface area contributed by atoms with Gasteiger partial charge in [-0.25, -0.2) is 4.99 Å². The van der Waals surface area contributed by atoms with Crippen LogP contribution in [0, 0.1) is 0 Å². The topological polar surface area (TPSA) is 68.0 Å². The van der Waals surface area contributed by atoms with Crippen molar-refractivity contribution in [3.05, 3.63) is 59.5 Å². The van der Waals surface area contributed by atoms with E-state index in [1.165, 1.54) is 11.1 Å². The molecule has 0 amide bonds. The van der Waals surface area contributed by atoms with Gasteiger partial charge in [-0.1, -0.05) is 31.2 Å². The standard InChI is InChI=1S/C22H33N3O3/c1-3-13-26-17-20-10-6-5-9-19(20)16-25-22(23-4-2)24-12-8-14-27-18-21-11-7-15-28-21/h5-7,9-11,15H,3-4,8,12-14,16-18H2,1-2H3,(H2,23,24,25). The first-order valence-electron chi connectivity index (χ1n) is 10.1. The molecule has 28 heavy (non-hydrogen) atoms. The lowest BCUT2D eigenvalue weighted by Gasteiger charge is -2.12. The summed E-state index contributed by atoms with van der Waals surface area (Å²) in [4.78, 5) is 4.71. The predicted octanol–water partition coefficient (Wildman–Crippen LogP) is 3.87. The lowest BCUT2D eigenvalue weighted by atomic mass is 10.1. The third-order valence-electron chi connectivity index (χ3n) is 4.06. The van der Waals surface area contributed by atoms with Crippen molar-refractivity contribution in [3.63, 3.8) is 0 Å². The number of ether oxygens (including phenoxy) is 2. The summed E-state index contributed by atoms with van der Waals surface area (Å²) in [5, 5.41) is 6.65. The van der Waals surface area contributed by atoms with Crippen molar-refractivity contribution in [1.29, 1.82) is 0 Å². The fourth-order valence-corrected chi connectivity index (χ4v) is 2.63. The molecule has 0 fully saturated rings. The van der Waals surface area contributed by atoms with Crippen molar-refractivity contribution < 1.29 is 13.9 Å². The second-order valence-corrected chi connectivity index (χ2v) is 6.43. The summed E-state index contributed by atoms with van der Waals surface area (Å²) in [6.07, 6.45) is 3.58. The maximum atomic E-state index is 5.69. The molecule has 0 aliphatic carbocycles. The van der Waals surface area contributed by atoms with E-state index in [0.717, 1.165) is 44.3 Å². The van der Waals surface area contributed by atoms with Crippen LogP contribution in [0.15, 0.2) is 52.1 Å². The molecule has 1 heterocycles. The van der Waals surface area contributed by atoms with E-state index in [-0.39, 0.29) is 0 Å². The molecular formula is C22H33N3O3. The van der Waals surface area contributed by atoms with Crippen molar-refractivity contribution in [2.45, 2.75) is 46.4 Å². The average Bonchev–Trinajstić information content (AvgIpc) is 3.23. The fourth-order valence-electron chi connectivity index (χ4n) is 2.63. The Balaban J connectivity index is 1.75. The molecule has 6 heteroatoms. The number of hydrogen-bond acceptors (Lipinski definition) is 4. The summed E-state index contributed by atoms with van der Waals surface area (Å²) >= 11 is 0. The van der Waals surface area contributed by atoms with Crippen LogP contribution in [0.5, 0.6) is 0 Å². The second-order valence-electron chi connectivity index (χ2n) is 6.43. The van der Waals surface area contributed by atoms with E-state index in [1.54, 1.807) is 6.26 Å². The van der Waals surface area contributed by atoms with Gasteiger partial charge in [-0.2, -0.15) is 0 Å². The van der Waals surface area contributed by atoms with Crippen LogP contribution in [0.2, 0.25) is 0 Å². The van der Waals surface area contributed by atoms with E-state index in [9.17, 15) is 0 Å². The normalized spacial score (nSPS) is 11.6. The highest BCUT2D eigenvalue weighted by Crippen LogP contribution is 2.11. The van der Waals surface area contributed by atoms with Gasteiger partial charge in [0.1, 0.15) is 12.4 Å². The molecule has 2 rings (SSSR count). The Morgan fingerprint density at radius 1 is 0.964 bits per heavy atom. The van der Waals surface area contributed by atoms with Gasteiger partial charge in [-0.15, -0.1) is 0 Å². The number of furan rings is 1. The molecule has 2 aromatic rings. The Hall–Kier alpha value is -2.31. The van der Waals surface area contributed by atoms with Crippen molar-refractivity contribution in [3.8, 4) is 0 Å². The number of nitrogens with zero attached hydrogens (tertiary/aromatic N) is 1. The van der Waals surface area contributed by atoms with Crippen LogP contribution in [0.1, 0.15) is 43.6 Å². The molecule has 0 aliphatic heterocycles. The molecule has 0 aliphatic rings. The maximum Gasteiger partial charge on any atom is 0.191 e. The quantitative estimate of drug-likeness (QED) is 0.310. The molecule has 0 atom stereocenters. The van der Waals surface area contributed by atoms with E-state index in [1.807, 2.05) is 24.3 Å². The van der Waals surface area contributed by atoms with Crippen LogP contribution in [-0.2, 0) is 29.2 Å². The number of nitrogens with one attached hydrogen (secondary N) is 2. The van der Waals surface area contributed by atoms with Crippen molar-refractivity contribution in [1.82, 2.24) is 10.6 Å². The van der Waals surface area contributed by atoms with E-state index >= 15 is 0 Å². The second kappa shape index (κ2) is 13.8. The molecule has 0 spiro atoms. The molecule has 1 aromatic heterocycles. The maximum absolute atomic E-state index is 5.69. The third-order valence-corrected chi connectivity index (χ3v) is 4.06. The minimum atomic E-state index is 0.512. The monoisotopic (exact) mass is 387 g/mol. The highest BCUT2D eigenvalue weighted by atomic mass is 16.5. The van der Waals surface area contributed by atoms with Crippen LogP contribution in [0.3, 0.4) is 0 Å². The molecule has 154 valence electrons. The largest absolute Gasteiger partial charge is 0.467 e. The van der Waals surface area contributed by atoms with Crippen molar-refractivity contribution in [2.24, 2.45) is 4.99 Å². The van der Waals surface area contributed by atoms with Gasteiger partial charge in [0.2, 0.25) is 0 Å². The Labute approximate surface area is 168 Å². The van der Waals surface area contributed by atoms with Gasteiger partial charge >= 0.3 is 0 Å². The van der Waals surface area contributed by atoms with Gasteiger partial charge in [0, 0.05) is 26.3 Å². The van der Waals surface area contributed by atoms with Crippen LogP contribution in [0.4, 0.5) is 0 Å². The zero-order valence-electron chi connectivity index (χ0n) is 17.1. The molecule has 2 N–H and O–H groups in total. The first kappa shape index (κ1) is 22.0. The Morgan fingerprint density at radius 3 is 2.54 bits per heavy atom. The fraction of sp³-hybridized carbons (Fsp3) is 0.500. The number of benzene rings is 1. The van der Waals surface area contributed by atoms with Gasteiger partial charge in [-0.3, -0.25) is 0 Å². The SMILES string of the molecule is CCCOCc1ccccc1CN=C(NCC)NCCCOCc1ccco1. The zero-order valence-corrected chi connectivity index (χ0v) is 17.1. The number of rotatable bonds is 13. The zero-order chi connectivity index (χ0) is 19.9. The third kappa shape index (κ3) is 8.59. The van der Waals surface area contributed by atoms with Crippen LogP contribution in [-0.4, -0.2) is 32.3 Å². The Bertz CT molecular complexity index is 671. The highest BCUT2D eigenvalue weighted by Gasteiger charge is 2.03. The number of aliphatic imine (C=N–C) groups is 1. The highest BCUT2D eigenvalue weighted by molar-refractivity contribution is 5.79. The summed E-state index contributed by atoms with van der Waals surface area (Å²) in [6, 6.07) is 12.1. The van der Waals surface area contributed by atoms with Gasteiger partial charge in [-0.05, 0) is 43.0 Å². The van der Waals surface area contributed by atoms with Gasteiger partial charge in [0.15, 0.2) is 5.96 Å². The summed E-state index contributed by atoms with van der Waals surface area (Å²) in [7, 11) is 0. The minimum absolute atomic E-state index is 0.512. The first-order valence-corrected chi connectivity index (χ1v) is 10.1. The minimum Gasteiger partial charge on any atom is -0.467 e. The van der Waals surface area contributed by atoms with Crippen LogP contribution >= 0.6 is 0 Å². The Kier molecular flexibility index (Phi) is 10.8. The van der Waals surface area contributed by atoms with E-state index < -0.39 is 0 Å². The van der Waals surface area contributed by atoms with E-state index in [2.05, 4.69) is 36.6 Å². The summed E-state index contributed by atoms with van der Waals surface area (Å²) in [5.41, 5.74) is 2.39. The molecular weight excluding hydrogens is 354 g/mol. The number of hydrogen-bond donors (Lipinski definition) is 2. The lowest BCUT2D eigenvalue weighted by molar-refractivity contribution is 0.105. The van der Waals surface area contributed by atoms with E-state index in [0.29, 0.717) is 26.4 Å². The molecule has 0 bridgehead atoms. The summed E-state index contributed by atoms with van der Waals surface area (Å²) < 4.78 is 16.5. The average molecular weight is 388 g/mol. The smallest absolute Gasteiger partial charge is 0.191 e. The lowest BCUT2D eigenvalue weighted by Crippen LogP contribution is -2.38. The van der Waals surface area contributed by atoms with Gasteiger partial charge < -0.3 is 24.5 Å². The number of guanidine groups is 1. The predicted molar refractivity (Wildman–Crippen MR) is 112 cm³/mol. The van der Waals surface area contributed by atoms with E-state index in [4.69, 9.17) is 18.9 Å². The molecule has 0 unspecified atom stereocenters. The van der Waals surface area contributed by atoms with Crippen LogP contribution in [0.25, 0.3) is 0 Å². The first-order chi connectivity index (χ1) is 13.8. The molecule has 0 radical (unpaired) electrons. The Morgan fingerprint density at radius 2 is 1.79 bits per heavy atom. The molecule has 1 aromatic carbocycles. The molecule has 6 nitrogen and oxygen atoms in total.